The van der Waals surface area contributed by atoms with Gasteiger partial charge in [-0.3, -0.25) is 0 Å². The van der Waals surface area contributed by atoms with Gasteiger partial charge in [0.05, 0.1) is 0 Å². The maximum absolute atomic E-state index is 5.11. The van der Waals surface area contributed by atoms with Gasteiger partial charge in [-0.1, -0.05) is 17.7 Å². The second-order valence-electron chi connectivity index (χ2n) is 1.82. The fourth-order valence-corrected chi connectivity index (χ4v) is 0.609. The first-order valence-corrected chi connectivity index (χ1v) is 3.03. The van der Waals surface area contributed by atoms with Gasteiger partial charge in [0, 0.05) is 6.42 Å². The second-order valence-corrected chi connectivity index (χ2v) is 1.82. The van der Waals surface area contributed by atoms with E-state index in [2.05, 4.69) is 12.5 Å². The van der Waals surface area contributed by atoms with Crippen LogP contribution in [0.5, 0.6) is 0 Å². The summed E-state index contributed by atoms with van der Waals surface area (Å²) in [4.78, 5) is 0. The topological polar surface area (TPSA) is 0 Å². The first-order valence-electron chi connectivity index (χ1n) is 3.03. The molecule has 0 saturated carbocycles. The summed E-state index contributed by atoms with van der Waals surface area (Å²) in [6, 6.07) is 0. The van der Waals surface area contributed by atoms with Gasteiger partial charge in [-0.2, -0.15) is 0 Å². The van der Waals surface area contributed by atoms with E-state index in [0.29, 0.717) is 0 Å². The molecule has 9 heavy (non-hydrogen) atoms. The van der Waals surface area contributed by atoms with Gasteiger partial charge < -0.3 is 0 Å². The molecular weight excluding hydrogens is 108 g/mol. The Bertz CT molecular complexity index is 144. The van der Waals surface area contributed by atoms with Crippen molar-refractivity contribution >= 4 is 0 Å². The number of terminal acetylenes is 1. The third kappa shape index (κ3) is 3.61. The van der Waals surface area contributed by atoms with Crippen molar-refractivity contribution in [1.29, 1.82) is 0 Å². The summed E-state index contributed by atoms with van der Waals surface area (Å²) in [6.07, 6.45) is 10.7. The first-order chi connectivity index (χ1) is 4.35. The summed E-state index contributed by atoms with van der Waals surface area (Å²) in [5.74, 6) is 2.59. The molecule has 0 aliphatic rings. The Morgan fingerprint density at radius 1 is 1.78 bits per heavy atom. The van der Waals surface area contributed by atoms with Crippen LogP contribution >= 0.6 is 0 Å². The largest absolute Gasteiger partial charge is 0.120 e. The van der Waals surface area contributed by atoms with Crippen molar-refractivity contribution in [2.45, 2.75) is 19.8 Å². The Balaban J connectivity index is 3.73. The third-order valence-electron chi connectivity index (χ3n) is 1.14. The lowest BCUT2D eigenvalue weighted by Crippen LogP contribution is -1.76. The standard InChI is InChI=1S/C9H12/c1-4-7-9(6-3)8-5-2/h1,5-6H,2,7-8H2,3H3/b9-6+. The first kappa shape index (κ1) is 8.04. The highest BCUT2D eigenvalue weighted by molar-refractivity contribution is 5.12. The van der Waals surface area contributed by atoms with Crippen LogP contribution in [-0.4, -0.2) is 0 Å². The van der Waals surface area contributed by atoms with Crippen LogP contribution in [0.3, 0.4) is 0 Å². The molecule has 0 aromatic heterocycles. The van der Waals surface area contributed by atoms with Crippen molar-refractivity contribution in [2.24, 2.45) is 0 Å². The number of hydrogen-bond acceptors (Lipinski definition) is 0. The van der Waals surface area contributed by atoms with E-state index in [0.717, 1.165) is 12.8 Å². The average molecular weight is 120 g/mol. The predicted molar refractivity (Wildman–Crippen MR) is 42.0 cm³/mol. The molecule has 0 heteroatoms. The predicted octanol–water partition coefficient (Wildman–Crippen LogP) is 2.53. The molecule has 0 radical (unpaired) electrons. The van der Waals surface area contributed by atoms with Crippen molar-refractivity contribution < 1.29 is 0 Å². The minimum absolute atomic E-state index is 0.752. The molecule has 0 heterocycles. The molecule has 0 saturated heterocycles. The number of rotatable bonds is 3. The van der Waals surface area contributed by atoms with Crippen LogP contribution in [0.4, 0.5) is 0 Å². The number of hydrogen-bond donors (Lipinski definition) is 0. The molecule has 0 unspecified atom stereocenters. The van der Waals surface area contributed by atoms with Gasteiger partial charge in [-0.05, 0) is 13.3 Å². The van der Waals surface area contributed by atoms with Crippen LogP contribution in [0.1, 0.15) is 19.8 Å². The van der Waals surface area contributed by atoms with E-state index in [1.165, 1.54) is 5.57 Å². The monoisotopic (exact) mass is 120 g/mol. The highest BCUT2D eigenvalue weighted by Gasteiger charge is 1.86. The van der Waals surface area contributed by atoms with Gasteiger partial charge in [-0.25, -0.2) is 0 Å². The summed E-state index contributed by atoms with van der Waals surface area (Å²) in [5.41, 5.74) is 1.27. The fraction of sp³-hybridized carbons (Fsp3) is 0.333. The summed E-state index contributed by atoms with van der Waals surface area (Å²) < 4.78 is 0. The van der Waals surface area contributed by atoms with Gasteiger partial charge in [-0.15, -0.1) is 18.9 Å². The van der Waals surface area contributed by atoms with Gasteiger partial charge in [0.25, 0.3) is 0 Å². The summed E-state index contributed by atoms with van der Waals surface area (Å²) in [7, 11) is 0. The SMILES string of the molecule is C#CC/C(=C\C)CC=C. The van der Waals surface area contributed by atoms with E-state index in [-0.39, 0.29) is 0 Å². The van der Waals surface area contributed by atoms with Crippen LogP contribution in [0, 0.1) is 12.3 Å². The van der Waals surface area contributed by atoms with E-state index in [9.17, 15) is 0 Å². The normalized spacial score (nSPS) is 10.4. The molecule has 0 bridgehead atoms. The Morgan fingerprint density at radius 2 is 2.44 bits per heavy atom. The molecule has 0 aliphatic heterocycles. The summed E-state index contributed by atoms with van der Waals surface area (Å²) in [5, 5.41) is 0. The zero-order chi connectivity index (χ0) is 7.11. The van der Waals surface area contributed by atoms with E-state index < -0.39 is 0 Å². The smallest absolute Gasteiger partial charge is 0.0299 e. The lowest BCUT2D eigenvalue weighted by Gasteiger charge is -1.94. The zero-order valence-electron chi connectivity index (χ0n) is 5.85. The average Bonchev–Trinajstić information content (AvgIpc) is 1.88. The molecule has 0 nitrogen and oxygen atoms in total. The summed E-state index contributed by atoms with van der Waals surface area (Å²) in [6.45, 7) is 5.62. The maximum Gasteiger partial charge on any atom is 0.0299 e. The lowest BCUT2D eigenvalue weighted by atomic mass is 10.1. The van der Waals surface area contributed by atoms with Crippen LogP contribution in [-0.2, 0) is 0 Å². The molecule has 0 aromatic rings. The molecule has 0 atom stereocenters. The molecule has 0 rings (SSSR count). The van der Waals surface area contributed by atoms with E-state index >= 15 is 0 Å². The van der Waals surface area contributed by atoms with E-state index in [1.54, 1.807) is 0 Å². The highest BCUT2D eigenvalue weighted by atomic mass is 13.9. The Kier molecular flexibility index (Phi) is 4.63. The van der Waals surface area contributed by atoms with Crippen LogP contribution < -0.4 is 0 Å². The molecule has 0 aliphatic carbocycles. The van der Waals surface area contributed by atoms with Crippen molar-refractivity contribution in [3.05, 3.63) is 24.3 Å². The molecule has 0 aromatic carbocycles. The van der Waals surface area contributed by atoms with Gasteiger partial charge in [0.2, 0.25) is 0 Å². The van der Waals surface area contributed by atoms with Crippen LogP contribution in [0.2, 0.25) is 0 Å². The molecule has 0 spiro atoms. The van der Waals surface area contributed by atoms with Crippen LogP contribution in [0.25, 0.3) is 0 Å². The Hall–Kier alpha value is -0.960. The Morgan fingerprint density at radius 3 is 2.78 bits per heavy atom. The minimum Gasteiger partial charge on any atom is -0.120 e. The van der Waals surface area contributed by atoms with Gasteiger partial charge in [0.1, 0.15) is 0 Å². The molecular formula is C9H12. The van der Waals surface area contributed by atoms with Gasteiger partial charge in [0.15, 0.2) is 0 Å². The fourth-order valence-electron chi connectivity index (χ4n) is 0.609. The minimum atomic E-state index is 0.752. The van der Waals surface area contributed by atoms with E-state index in [1.807, 2.05) is 19.1 Å². The van der Waals surface area contributed by atoms with E-state index in [4.69, 9.17) is 6.42 Å². The number of allylic oxidation sites excluding steroid dienone is 3. The second kappa shape index (κ2) is 5.18. The van der Waals surface area contributed by atoms with Crippen molar-refractivity contribution in [2.75, 3.05) is 0 Å². The van der Waals surface area contributed by atoms with Crippen molar-refractivity contribution in [3.63, 3.8) is 0 Å². The quantitative estimate of drug-likeness (QED) is 0.396. The van der Waals surface area contributed by atoms with Crippen molar-refractivity contribution in [3.8, 4) is 12.3 Å². The summed E-state index contributed by atoms with van der Waals surface area (Å²) >= 11 is 0. The maximum atomic E-state index is 5.11. The highest BCUT2D eigenvalue weighted by Crippen LogP contribution is 2.04. The van der Waals surface area contributed by atoms with Gasteiger partial charge >= 0.3 is 0 Å². The molecule has 48 valence electrons. The Labute approximate surface area is 57.3 Å². The molecule has 0 N–H and O–H groups in total. The lowest BCUT2D eigenvalue weighted by molar-refractivity contribution is 1.13. The molecule has 0 fully saturated rings. The van der Waals surface area contributed by atoms with Crippen LogP contribution in [0.15, 0.2) is 24.3 Å². The molecule has 0 amide bonds. The third-order valence-corrected chi connectivity index (χ3v) is 1.14. The van der Waals surface area contributed by atoms with Crippen molar-refractivity contribution in [1.82, 2.24) is 0 Å². The zero-order valence-corrected chi connectivity index (χ0v) is 5.85.